The number of rotatable bonds is 4. The second-order valence-corrected chi connectivity index (χ2v) is 5.38. The van der Waals surface area contributed by atoms with Crippen LogP contribution in [0.3, 0.4) is 0 Å². The number of aliphatic hydroxyl groups is 1. The minimum atomic E-state index is 0.301. The Morgan fingerprint density at radius 1 is 1.46 bits per heavy atom. The van der Waals surface area contributed by atoms with Crippen molar-refractivity contribution in [3.63, 3.8) is 0 Å². The molecule has 0 spiro atoms. The first-order valence-electron chi connectivity index (χ1n) is 5.22. The van der Waals surface area contributed by atoms with E-state index in [1.807, 2.05) is 11.8 Å². The summed E-state index contributed by atoms with van der Waals surface area (Å²) in [6, 6.07) is 0.393. The van der Waals surface area contributed by atoms with E-state index in [-0.39, 0.29) is 0 Å². The summed E-state index contributed by atoms with van der Waals surface area (Å²) in [6.07, 6.45) is 5.09. The lowest BCUT2D eigenvalue weighted by Gasteiger charge is -2.28. The molecule has 0 aliphatic heterocycles. The largest absolute Gasteiger partial charge is 0.396 e. The van der Waals surface area contributed by atoms with Crippen LogP contribution in [0.4, 0.5) is 0 Å². The Kier molecular flexibility index (Phi) is 5.14. The maximum absolute atomic E-state index is 8.89. The first kappa shape index (κ1) is 11.3. The van der Waals surface area contributed by atoms with E-state index >= 15 is 0 Å². The molecule has 0 saturated heterocycles. The number of aliphatic hydroxyl groups excluding tert-OH is 1. The summed E-state index contributed by atoms with van der Waals surface area (Å²) < 4.78 is 0. The molecule has 0 aromatic heterocycles. The van der Waals surface area contributed by atoms with Gasteiger partial charge in [-0.1, -0.05) is 19.8 Å². The molecule has 0 radical (unpaired) electrons. The van der Waals surface area contributed by atoms with Gasteiger partial charge >= 0.3 is 0 Å². The molecular weight excluding hydrogens is 182 g/mol. The molecule has 3 unspecified atom stereocenters. The lowest BCUT2D eigenvalue weighted by molar-refractivity contribution is 0.250. The Bertz CT molecular complexity index is 143. The van der Waals surface area contributed by atoms with Crippen molar-refractivity contribution in [1.82, 2.24) is 0 Å². The molecular formula is C10H21NOS. The predicted molar refractivity (Wildman–Crippen MR) is 58.9 cm³/mol. The van der Waals surface area contributed by atoms with Crippen LogP contribution in [0.5, 0.6) is 0 Å². The molecule has 0 bridgehead atoms. The van der Waals surface area contributed by atoms with Crippen LogP contribution >= 0.6 is 11.8 Å². The molecule has 13 heavy (non-hydrogen) atoms. The van der Waals surface area contributed by atoms with Crippen LogP contribution in [0.25, 0.3) is 0 Å². The smallest absolute Gasteiger partial charge is 0.0464 e. The molecule has 0 heterocycles. The zero-order valence-electron chi connectivity index (χ0n) is 8.41. The molecule has 0 amide bonds. The van der Waals surface area contributed by atoms with Crippen LogP contribution in [0.2, 0.25) is 0 Å². The van der Waals surface area contributed by atoms with Gasteiger partial charge in [-0.15, -0.1) is 0 Å². The highest BCUT2D eigenvalue weighted by Crippen LogP contribution is 2.28. The normalized spacial score (nSPS) is 31.6. The molecule has 2 nitrogen and oxygen atoms in total. The quantitative estimate of drug-likeness (QED) is 0.730. The van der Waals surface area contributed by atoms with Crippen LogP contribution < -0.4 is 5.73 Å². The van der Waals surface area contributed by atoms with Crippen LogP contribution in [0, 0.1) is 5.92 Å². The van der Waals surface area contributed by atoms with Crippen LogP contribution in [0.1, 0.15) is 32.6 Å². The third-order valence-electron chi connectivity index (χ3n) is 2.66. The Labute approximate surface area is 85.3 Å². The van der Waals surface area contributed by atoms with Gasteiger partial charge in [-0.3, -0.25) is 0 Å². The minimum Gasteiger partial charge on any atom is -0.396 e. The second kappa shape index (κ2) is 5.89. The summed E-state index contributed by atoms with van der Waals surface area (Å²) in [5.41, 5.74) is 6.02. The Morgan fingerprint density at radius 3 is 2.77 bits per heavy atom. The number of nitrogens with two attached hydrogens (primary N) is 1. The van der Waals surface area contributed by atoms with E-state index in [1.54, 1.807) is 0 Å². The van der Waals surface area contributed by atoms with Gasteiger partial charge in [0.15, 0.2) is 0 Å². The van der Waals surface area contributed by atoms with Gasteiger partial charge in [0.05, 0.1) is 0 Å². The van der Waals surface area contributed by atoms with Crippen LogP contribution in [0.15, 0.2) is 0 Å². The summed E-state index contributed by atoms with van der Waals surface area (Å²) in [7, 11) is 0. The molecule has 3 heteroatoms. The summed E-state index contributed by atoms with van der Waals surface area (Å²) >= 11 is 1.95. The van der Waals surface area contributed by atoms with Gasteiger partial charge in [0.25, 0.3) is 0 Å². The SMILES string of the molecule is CC(CO)CSC1CCCCC1N. The van der Waals surface area contributed by atoms with Crippen molar-refractivity contribution in [3.05, 3.63) is 0 Å². The van der Waals surface area contributed by atoms with E-state index in [1.165, 1.54) is 25.7 Å². The van der Waals surface area contributed by atoms with Crippen molar-refractivity contribution in [3.8, 4) is 0 Å². The molecule has 0 aromatic rings. The van der Waals surface area contributed by atoms with Crippen molar-refractivity contribution in [2.75, 3.05) is 12.4 Å². The Morgan fingerprint density at radius 2 is 2.15 bits per heavy atom. The molecule has 1 aliphatic carbocycles. The summed E-state index contributed by atoms with van der Waals surface area (Å²) in [6.45, 7) is 2.39. The van der Waals surface area contributed by atoms with E-state index in [9.17, 15) is 0 Å². The fourth-order valence-corrected chi connectivity index (χ4v) is 3.07. The summed E-state index contributed by atoms with van der Waals surface area (Å²) in [4.78, 5) is 0. The van der Waals surface area contributed by atoms with Crippen molar-refractivity contribution in [2.24, 2.45) is 11.7 Å². The van der Waals surface area contributed by atoms with Crippen molar-refractivity contribution in [2.45, 2.75) is 43.9 Å². The maximum atomic E-state index is 8.89. The molecule has 1 fully saturated rings. The van der Waals surface area contributed by atoms with E-state index in [2.05, 4.69) is 6.92 Å². The van der Waals surface area contributed by atoms with Gasteiger partial charge in [-0.2, -0.15) is 11.8 Å². The zero-order chi connectivity index (χ0) is 9.68. The first-order chi connectivity index (χ1) is 6.24. The molecule has 1 rings (SSSR count). The Hall–Kier alpha value is 0.270. The lowest BCUT2D eigenvalue weighted by Crippen LogP contribution is -2.35. The standard InChI is InChI=1S/C10H21NOS/c1-8(6-12)7-13-10-5-3-2-4-9(10)11/h8-10,12H,2-7,11H2,1H3. The average Bonchev–Trinajstić information content (AvgIpc) is 2.16. The second-order valence-electron chi connectivity index (χ2n) is 4.11. The van der Waals surface area contributed by atoms with Gasteiger partial charge in [-0.25, -0.2) is 0 Å². The molecule has 0 aromatic carbocycles. The fourth-order valence-electron chi connectivity index (χ4n) is 1.67. The molecule has 3 atom stereocenters. The van der Waals surface area contributed by atoms with Gasteiger partial charge in [0, 0.05) is 17.9 Å². The van der Waals surface area contributed by atoms with E-state index in [4.69, 9.17) is 10.8 Å². The molecule has 78 valence electrons. The first-order valence-corrected chi connectivity index (χ1v) is 6.27. The minimum absolute atomic E-state index is 0.301. The highest BCUT2D eigenvalue weighted by Gasteiger charge is 2.22. The van der Waals surface area contributed by atoms with Gasteiger partial charge in [0.2, 0.25) is 0 Å². The van der Waals surface area contributed by atoms with Gasteiger partial charge in [-0.05, 0) is 24.5 Å². The Balaban J connectivity index is 2.18. The fraction of sp³-hybridized carbons (Fsp3) is 1.00. The highest BCUT2D eigenvalue weighted by atomic mass is 32.2. The van der Waals surface area contributed by atoms with Crippen LogP contribution in [-0.2, 0) is 0 Å². The lowest BCUT2D eigenvalue weighted by atomic mass is 9.96. The predicted octanol–water partition coefficient (Wildman–Crippen LogP) is 1.62. The number of hydrogen-bond acceptors (Lipinski definition) is 3. The summed E-state index contributed by atoms with van der Waals surface area (Å²) in [5.74, 6) is 1.47. The number of hydrogen-bond donors (Lipinski definition) is 2. The zero-order valence-corrected chi connectivity index (χ0v) is 9.22. The van der Waals surface area contributed by atoms with Crippen LogP contribution in [-0.4, -0.2) is 28.8 Å². The maximum Gasteiger partial charge on any atom is 0.0464 e. The van der Waals surface area contributed by atoms with E-state index < -0.39 is 0 Å². The monoisotopic (exact) mass is 203 g/mol. The van der Waals surface area contributed by atoms with Crippen molar-refractivity contribution >= 4 is 11.8 Å². The average molecular weight is 203 g/mol. The topological polar surface area (TPSA) is 46.2 Å². The third kappa shape index (κ3) is 3.88. The molecule has 1 saturated carbocycles. The number of thioether (sulfide) groups is 1. The van der Waals surface area contributed by atoms with Gasteiger partial charge in [0.1, 0.15) is 0 Å². The molecule has 3 N–H and O–H groups in total. The third-order valence-corrected chi connectivity index (χ3v) is 4.44. The van der Waals surface area contributed by atoms with Crippen molar-refractivity contribution in [1.29, 1.82) is 0 Å². The van der Waals surface area contributed by atoms with Gasteiger partial charge < -0.3 is 10.8 Å². The van der Waals surface area contributed by atoms with Crippen molar-refractivity contribution < 1.29 is 5.11 Å². The molecule has 1 aliphatic rings. The van der Waals surface area contributed by atoms with E-state index in [0.29, 0.717) is 23.8 Å². The van der Waals surface area contributed by atoms with E-state index in [0.717, 1.165) is 5.75 Å². The highest BCUT2D eigenvalue weighted by molar-refractivity contribution is 7.99. The summed E-state index contributed by atoms with van der Waals surface area (Å²) in [5, 5.41) is 9.53.